The van der Waals surface area contributed by atoms with Crippen LogP contribution in [0.25, 0.3) is 0 Å². The van der Waals surface area contributed by atoms with Gasteiger partial charge in [-0.05, 0) is 49.0 Å². The first-order valence-corrected chi connectivity index (χ1v) is 9.68. The number of benzene rings is 1. The smallest absolute Gasteiger partial charge is 0.259 e. The van der Waals surface area contributed by atoms with Gasteiger partial charge in [0.1, 0.15) is 5.75 Å². The SMILES string of the molecule is C/C(=N/NC(=S)NCCN1CCOCC1)c1ccc(OCC(=O)N(C)C)cc1. The minimum absolute atomic E-state index is 0.0192. The normalized spacial score (nSPS) is 15.0. The molecule has 1 amide bonds. The van der Waals surface area contributed by atoms with Crippen LogP contribution in [0.3, 0.4) is 0 Å². The van der Waals surface area contributed by atoms with Crippen molar-refractivity contribution < 1.29 is 14.3 Å². The van der Waals surface area contributed by atoms with E-state index in [4.69, 9.17) is 21.7 Å². The van der Waals surface area contributed by atoms with Crippen molar-refractivity contribution in [1.29, 1.82) is 0 Å². The number of nitrogens with one attached hydrogen (secondary N) is 2. The minimum atomic E-state index is -0.0827. The van der Waals surface area contributed by atoms with E-state index in [0.717, 1.165) is 50.7 Å². The molecule has 0 radical (unpaired) electrons. The van der Waals surface area contributed by atoms with Gasteiger partial charge < -0.3 is 19.7 Å². The van der Waals surface area contributed by atoms with Gasteiger partial charge >= 0.3 is 0 Å². The number of rotatable bonds is 8. The lowest BCUT2D eigenvalue weighted by atomic mass is 10.1. The Morgan fingerprint density at radius 2 is 1.96 bits per heavy atom. The summed E-state index contributed by atoms with van der Waals surface area (Å²) in [4.78, 5) is 15.4. The monoisotopic (exact) mass is 407 g/mol. The van der Waals surface area contributed by atoms with Gasteiger partial charge in [-0.15, -0.1) is 0 Å². The summed E-state index contributed by atoms with van der Waals surface area (Å²) in [7, 11) is 3.40. The third-order valence-corrected chi connectivity index (χ3v) is 4.51. The summed E-state index contributed by atoms with van der Waals surface area (Å²) >= 11 is 5.26. The number of hydrogen-bond donors (Lipinski definition) is 2. The highest BCUT2D eigenvalue weighted by Gasteiger charge is 2.09. The van der Waals surface area contributed by atoms with E-state index in [1.807, 2.05) is 31.2 Å². The Morgan fingerprint density at radius 3 is 2.61 bits per heavy atom. The molecule has 154 valence electrons. The fourth-order valence-corrected chi connectivity index (χ4v) is 2.61. The molecule has 1 fully saturated rings. The molecule has 0 aliphatic carbocycles. The van der Waals surface area contributed by atoms with Crippen LogP contribution in [0, 0.1) is 0 Å². The molecule has 28 heavy (non-hydrogen) atoms. The van der Waals surface area contributed by atoms with Crippen LogP contribution in [-0.2, 0) is 9.53 Å². The largest absolute Gasteiger partial charge is 0.484 e. The number of thiocarbonyl (C=S) groups is 1. The highest BCUT2D eigenvalue weighted by molar-refractivity contribution is 7.80. The Hall–Kier alpha value is -2.23. The van der Waals surface area contributed by atoms with Gasteiger partial charge in [0, 0.05) is 40.3 Å². The lowest BCUT2D eigenvalue weighted by Gasteiger charge is -2.26. The summed E-state index contributed by atoms with van der Waals surface area (Å²) in [5, 5.41) is 7.97. The van der Waals surface area contributed by atoms with Gasteiger partial charge in [-0.1, -0.05) is 0 Å². The Labute approximate surface area is 171 Å². The van der Waals surface area contributed by atoms with Gasteiger partial charge in [-0.3, -0.25) is 15.1 Å². The first-order chi connectivity index (χ1) is 13.5. The molecule has 0 unspecified atom stereocenters. The first-order valence-electron chi connectivity index (χ1n) is 9.27. The molecule has 8 nitrogen and oxygen atoms in total. The Balaban J connectivity index is 1.72. The predicted molar refractivity (Wildman–Crippen MR) is 114 cm³/mol. The molecule has 0 aromatic heterocycles. The molecule has 0 saturated carbocycles. The number of amides is 1. The Morgan fingerprint density at radius 1 is 1.29 bits per heavy atom. The molecule has 2 rings (SSSR count). The number of ether oxygens (including phenoxy) is 2. The number of morpholine rings is 1. The molecule has 1 heterocycles. The molecular formula is C19H29N5O3S. The molecular weight excluding hydrogens is 378 g/mol. The third kappa shape index (κ3) is 7.79. The number of carbonyl (C=O) groups is 1. The molecule has 1 aliphatic rings. The van der Waals surface area contributed by atoms with E-state index in [0.29, 0.717) is 10.9 Å². The fourth-order valence-electron chi connectivity index (χ4n) is 2.46. The Bertz CT molecular complexity index is 673. The second-order valence-corrected chi connectivity index (χ2v) is 7.03. The molecule has 0 atom stereocenters. The van der Waals surface area contributed by atoms with Crippen molar-refractivity contribution in [2.75, 3.05) is 60.1 Å². The summed E-state index contributed by atoms with van der Waals surface area (Å²) in [5.41, 5.74) is 4.61. The number of hydrazone groups is 1. The highest BCUT2D eigenvalue weighted by Crippen LogP contribution is 2.13. The van der Waals surface area contributed by atoms with Crippen molar-refractivity contribution in [2.24, 2.45) is 5.10 Å². The van der Waals surface area contributed by atoms with Crippen molar-refractivity contribution in [3.63, 3.8) is 0 Å². The minimum Gasteiger partial charge on any atom is -0.484 e. The maximum atomic E-state index is 11.6. The predicted octanol–water partition coefficient (Wildman–Crippen LogP) is 0.674. The molecule has 2 N–H and O–H groups in total. The first kappa shape index (κ1) is 22.1. The van der Waals surface area contributed by atoms with Gasteiger partial charge in [0.25, 0.3) is 5.91 Å². The van der Waals surface area contributed by atoms with Crippen LogP contribution in [0.1, 0.15) is 12.5 Å². The lowest BCUT2D eigenvalue weighted by molar-refractivity contribution is -0.130. The summed E-state index contributed by atoms with van der Waals surface area (Å²) in [6.45, 7) is 7.11. The average Bonchev–Trinajstić information content (AvgIpc) is 2.71. The second kappa shape index (κ2) is 11.6. The van der Waals surface area contributed by atoms with Gasteiger partial charge in [0.15, 0.2) is 11.7 Å². The zero-order valence-electron chi connectivity index (χ0n) is 16.7. The van der Waals surface area contributed by atoms with Crippen molar-refractivity contribution >= 4 is 28.9 Å². The summed E-state index contributed by atoms with van der Waals surface area (Å²) in [5.74, 6) is 0.556. The van der Waals surface area contributed by atoms with E-state index in [-0.39, 0.29) is 12.5 Å². The van der Waals surface area contributed by atoms with E-state index < -0.39 is 0 Å². The van der Waals surface area contributed by atoms with Gasteiger partial charge in [-0.2, -0.15) is 5.10 Å². The van der Waals surface area contributed by atoms with Crippen molar-refractivity contribution in [3.8, 4) is 5.75 Å². The van der Waals surface area contributed by atoms with Crippen LogP contribution < -0.4 is 15.5 Å². The Kier molecular flexibility index (Phi) is 9.12. The van der Waals surface area contributed by atoms with E-state index in [1.165, 1.54) is 4.90 Å². The van der Waals surface area contributed by atoms with Crippen LogP contribution in [0.15, 0.2) is 29.4 Å². The topological polar surface area (TPSA) is 78.4 Å². The zero-order valence-corrected chi connectivity index (χ0v) is 17.6. The van der Waals surface area contributed by atoms with Crippen LogP contribution in [0.4, 0.5) is 0 Å². The summed E-state index contributed by atoms with van der Waals surface area (Å²) in [6.07, 6.45) is 0. The van der Waals surface area contributed by atoms with Crippen LogP contribution in [-0.4, -0.2) is 86.6 Å². The highest BCUT2D eigenvalue weighted by atomic mass is 32.1. The van der Waals surface area contributed by atoms with Gasteiger partial charge in [-0.25, -0.2) is 0 Å². The van der Waals surface area contributed by atoms with Crippen LogP contribution >= 0.6 is 12.2 Å². The molecule has 0 spiro atoms. The van der Waals surface area contributed by atoms with E-state index in [9.17, 15) is 4.79 Å². The van der Waals surface area contributed by atoms with Gasteiger partial charge in [0.2, 0.25) is 0 Å². The maximum Gasteiger partial charge on any atom is 0.259 e. The number of carbonyl (C=O) groups excluding carboxylic acids is 1. The molecule has 1 aliphatic heterocycles. The van der Waals surface area contributed by atoms with Crippen LogP contribution in [0.5, 0.6) is 5.75 Å². The molecule has 1 aromatic rings. The summed E-state index contributed by atoms with van der Waals surface area (Å²) < 4.78 is 10.8. The van der Waals surface area contributed by atoms with Gasteiger partial charge in [0.05, 0.1) is 18.9 Å². The van der Waals surface area contributed by atoms with E-state index in [1.54, 1.807) is 14.1 Å². The average molecular weight is 408 g/mol. The molecule has 0 bridgehead atoms. The van der Waals surface area contributed by atoms with E-state index >= 15 is 0 Å². The summed E-state index contributed by atoms with van der Waals surface area (Å²) in [6, 6.07) is 7.42. The number of hydrogen-bond acceptors (Lipinski definition) is 6. The quantitative estimate of drug-likeness (QED) is 0.373. The van der Waals surface area contributed by atoms with E-state index in [2.05, 4.69) is 20.7 Å². The zero-order chi connectivity index (χ0) is 20.4. The number of nitrogens with zero attached hydrogens (tertiary/aromatic N) is 3. The standard InChI is InChI=1S/C19H29N5O3S/c1-15(16-4-6-17(7-5-16)27-14-18(25)23(2)3)21-22-19(28)20-8-9-24-10-12-26-13-11-24/h4-7H,8-14H2,1-3H3,(H2,20,22,28)/b21-15-. The third-order valence-electron chi connectivity index (χ3n) is 4.28. The number of likely N-dealkylation sites (N-methyl/N-ethyl adjacent to an activating group) is 1. The lowest BCUT2D eigenvalue weighted by Crippen LogP contribution is -2.42. The van der Waals surface area contributed by atoms with Crippen LogP contribution in [0.2, 0.25) is 0 Å². The van der Waals surface area contributed by atoms with Crippen molar-refractivity contribution in [2.45, 2.75) is 6.92 Å². The van der Waals surface area contributed by atoms with Crippen molar-refractivity contribution in [1.82, 2.24) is 20.5 Å². The van der Waals surface area contributed by atoms with Crippen molar-refractivity contribution in [3.05, 3.63) is 29.8 Å². The fraction of sp³-hybridized carbons (Fsp3) is 0.526. The molecule has 1 saturated heterocycles. The molecule has 1 aromatic carbocycles. The second-order valence-electron chi connectivity index (χ2n) is 6.62. The molecule has 9 heteroatoms. The maximum absolute atomic E-state index is 11.6.